The van der Waals surface area contributed by atoms with E-state index in [-0.39, 0.29) is 18.4 Å². The van der Waals surface area contributed by atoms with Crippen LogP contribution in [0.1, 0.15) is 23.5 Å². The van der Waals surface area contributed by atoms with Crippen molar-refractivity contribution in [1.29, 1.82) is 0 Å². The van der Waals surface area contributed by atoms with E-state index in [1.54, 1.807) is 24.0 Å². The predicted octanol–water partition coefficient (Wildman–Crippen LogP) is 1.78. The number of carbonyl (C=O) groups excluding carboxylic acids is 2. The second-order valence-electron chi connectivity index (χ2n) is 3.67. The molecule has 0 aliphatic carbocycles. The first-order chi connectivity index (χ1) is 7.95. The molecule has 0 radical (unpaired) electrons. The summed E-state index contributed by atoms with van der Waals surface area (Å²) in [5.41, 5.74) is 5.14. The Hall–Kier alpha value is -0.910. The third-order valence-corrected chi connectivity index (χ3v) is 3.75. The Kier molecular flexibility index (Phi) is 5.11. The van der Waals surface area contributed by atoms with E-state index in [0.29, 0.717) is 15.8 Å². The van der Waals surface area contributed by atoms with Gasteiger partial charge in [-0.2, -0.15) is 0 Å². The Morgan fingerprint density at radius 2 is 2.18 bits per heavy atom. The van der Waals surface area contributed by atoms with Gasteiger partial charge >= 0.3 is 0 Å². The molecular weight excluding hydrogens is 260 g/mol. The molecule has 2 N–H and O–H groups in total. The van der Waals surface area contributed by atoms with Crippen LogP contribution < -0.4 is 5.73 Å². The summed E-state index contributed by atoms with van der Waals surface area (Å²) in [5.74, 6) is -0.472. The quantitative estimate of drug-likeness (QED) is 0.805. The van der Waals surface area contributed by atoms with Crippen molar-refractivity contribution >= 4 is 34.6 Å². The van der Waals surface area contributed by atoms with E-state index >= 15 is 0 Å². The Balaban J connectivity index is 2.77. The minimum absolute atomic E-state index is 0.0370. The van der Waals surface area contributed by atoms with E-state index in [4.69, 9.17) is 17.3 Å². The molecule has 0 bridgehead atoms. The average Bonchev–Trinajstić information content (AvgIpc) is 2.70. The fourth-order valence-electron chi connectivity index (χ4n) is 1.54. The predicted molar refractivity (Wildman–Crippen MR) is 69.6 cm³/mol. The lowest BCUT2D eigenvalue weighted by Crippen LogP contribution is -2.43. The van der Waals surface area contributed by atoms with Crippen LogP contribution in [0, 0.1) is 0 Å². The number of carbonyl (C=O) groups is 2. The van der Waals surface area contributed by atoms with Crippen LogP contribution in [0.5, 0.6) is 0 Å². The van der Waals surface area contributed by atoms with Crippen LogP contribution >= 0.6 is 22.9 Å². The molecule has 0 saturated carbocycles. The number of nitrogens with two attached hydrogens (primary N) is 1. The van der Waals surface area contributed by atoms with Crippen molar-refractivity contribution in [1.82, 2.24) is 4.90 Å². The van der Waals surface area contributed by atoms with E-state index in [1.165, 1.54) is 11.3 Å². The summed E-state index contributed by atoms with van der Waals surface area (Å²) in [7, 11) is 0. The number of hydrogen-bond acceptors (Lipinski definition) is 4. The van der Waals surface area contributed by atoms with Gasteiger partial charge in [-0.1, -0.05) is 18.5 Å². The summed E-state index contributed by atoms with van der Waals surface area (Å²) in [6.45, 7) is 4.33. The van der Waals surface area contributed by atoms with Crippen LogP contribution in [0.3, 0.4) is 0 Å². The van der Waals surface area contributed by atoms with Gasteiger partial charge in [0.25, 0.3) is 0 Å². The number of primary amides is 1. The summed E-state index contributed by atoms with van der Waals surface area (Å²) < 4.78 is 0.582. The van der Waals surface area contributed by atoms with Gasteiger partial charge in [0.2, 0.25) is 5.91 Å². The first-order valence-corrected chi connectivity index (χ1v) is 6.47. The number of thiophene rings is 1. The zero-order chi connectivity index (χ0) is 13.0. The maximum atomic E-state index is 12.1. The topological polar surface area (TPSA) is 63.4 Å². The maximum absolute atomic E-state index is 12.1. The molecule has 6 heteroatoms. The lowest BCUT2D eigenvalue weighted by atomic mass is 10.1. The van der Waals surface area contributed by atoms with Crippen molar-refractivity contribution in [2.45, 2.75) is 19.9 Å². The second-order valence-corrected chi connectivity index (χ2v) is 5.39. The van der Waals surface area contributed by atoms with Gasteiger partial charge in [-0.15, -0.1) is 11.3 Å². The summed E-state index contributed by atoms with van der Waals surface area (Å²) in [5, 5.41) is 0. The van der Waals surface area contributed by atoms with Crippen molar-refractivity contribution in [3.63, 3.8) is 0 Å². The standard InChI is InChI=1S/C11H15ClN2O2S/c1-3-14(6-10(13)15)7(2)11(16)8-4-5-9(12)17-8/h4-5,7H,3,6H2,1-2H3,(H2,13,15). The highest BCUT2D eigenvalue weighted by atomic mass is 35.5. The van der Waals surface area contributed by atoms with Crippen LogP contribution in [0.4, 0.5) is 0 Å². The number of hydrogen-bond donors (Lipinski definition) is 1. The van der Waals surface area contributed by atoms with Crippen molar-refractivity contribution in [2.75, 3.05) is 13.1 Å². The Morgan fingerprint density at radius 1 is 1.53 bits per heavy atom. The molecule has 0 spiro atoms. The number of Topliss-reactive ketones (excluding diaryl/α,β-unsaturated/α-hetero) is 1. The maximum Gasteiger partial charge on any atom is 0.231 e. The normalized spacial score (nSPS) is 12.7. The van der Waals surface area contributed by atoms with Crippen molar-refractivity contribution in [2.24, 2.45) is 5.73 Å². The van der Waals surface area contributed by atoms with Crippen LogP contribution in [-0.2, 0) is 4.79 Å². The number of amides is 1. The lowest BCUT2D eigenvalue weighted by molar-refractivity contribution is -0.119. The van der Waals surface area contributed by atoms with Gasteiger partial charge in [0.05, 0.1) is 21.8 Å². The molecule has 0 aromatic carbocycles. The SMILES string of the molecule is CCN(CC(N)=O)C(C)C(=O)c1ccc(Cl)s1. The van der Waals surface area contributed by atoms with Crippen molar-refractivity contribution in [3.05, 3.63) is 21.3 Å². The van der Waals surface area contributed by atoms with Gasteiger partial charge in [0.15, 0.2) is 5.78 Å². The number of likely N-dealkylation sites (N-methyl/N-ethyl adjacent to an activating group) is 1. The van der Waals surface area contributed by atoms with E-state index in [1.807, 2.05) is 6.92 Å². The molecule has 1 aromatic rings. The number of rotatable bonds is 6. The molecule has 1 heterocycles. The molecule has 0 aliphatic heterocycles. The second kappa shape index (κ2) is 6.14. The smallest absolute Gasteiger partial charge is 0.231 e. The van der Waals surface area contributed by atoms with Gasteiger partial charge in [-0.05, 0) is 25.6 Å². The molecule has 1 aromatic heterocycles. The molecule has 0 fully saturated rings. The third-order valence-electron chi connectivity index (χ3n) is 2.51. The molecule has 4 nitrogen and oxygen atoms in total. The molecule has 94 valence electrons. The zero-order valence-corrected chi connectivity index (χ0v) is 11.3. The van der Waals surface area contributed by atoms with Crippen molar-refractivity contribution in [3.8, 4) is 0 Å². The monoisotopic (exact) mass is 274 g/mol. The van der Waals surface area contributed by atoms with Gasteiger partial charge < -0.3 is 5.73 Å². The summed E-state index contributed by atoms with van der Waals surface area (Å²) in [6.07, 6.45) is 0. The third kappa shape index (κ3) is 3.80. The molecule has 1 amide bonds. The first kappa shape index (κ1) is 14.2. The summed E-state index contributed by atoms with van der Waals surface area (Å²) in [6, 6.07) is 3.02. The average molecular weight is 275 g/mol. The first-order valence-electron chi connectivity index (χ1n) is 5.27. The Bertz CT molecular complexity index is 419. The molecule has 1 unspecified atom stereocenters. The molecule has 17 heavy (non-hydrogen) atoms. The lowest BCUT2D eigenvalue weighted by Gasteiger charge is -2.24. The van der Waals surface area contributed by atoms with Crippen LogP contribution in [0.2, 0.25) is 4.34 Å². The number of nitrogens with zero attached hydrogens (tertiary/aromatic N) is 1. The van der Waals surface area contributed by atoms with Crippen LogP contribution in [0.25, 0.3) is 0 Å². The Morgan fingerprint density at radius 3 is 2.59 bits per heavy atom. The van der Waals surface area contributed by atoms with E-state index < -0.39 is 5.91 Å². The highest BCUT2D eigenvalue weighted by Crippen LogP contribution is 2.23. The molecule has 1 atom stereocenters. The van der Waals surface area contributed by atoms with Crippen LogP contribution in [0.15, 0.2) is 12.1 Å². The fraction of sp³-hybridized carbons (Fsp3) is 0.455. The summed E-state index contributed by atoms with van der Waals surface area (Å²) in [4.78, 5) is 25.3. The minimum atomic E-state index is -0.435. The van der Waals surface area contributed by atoms with Gasteiger partial charge in [-0.3, -0.25) is 14.5 Å². The van der Waals surface area contributed by atoms with Gasteiger partial charge in [0.1, 0.15) is 0 Å². The van der Waals surface area contributed by atoms with E-state index in [2.05, 4.69) is 0 Å². The molecule has 0 saturated heterocycles. The highest BCUT2D eigenvalue weighted by molar-refractivity contribution is 7.18. The van der Waals surface area contributed by atoms with E-state index in [9.17, 15) is 9.59 Å². The number of halogens is 1. The molecule has 1 rings (SSSR count). The zero-order valence-electron chi connectivity index (χ0n) is 9.77. The minimum Gasteiger partial charge on any atom is -0.369 e. The summed E-state index contributed by atoms with van der Waals surface area (Å²) >= 11 is 7.03. The highest BCUT2D eigenvalue weighted by Gasteiger charge is 2.23. The van der Waals surface area contributed by atoms with Crippen LogP contribution in [-0.4, -0.2) is 35.7 Å². The fourth-order valence-corrected chi connectivity index (χ4v) is 2.61. The van der Waals surface area contributed by atoms with Gasteiger partial charge in [0, 0.05) is 0 Å². The van der Waals surface area contributed by atoms with Crippen molar-refractivity contribution < 1.29 is 9.59 Å². The van der Waals surface area contributed by atoms with E-state index in [0.717, 1.165) is 0 Å². The molecule has 0 aliphatic rings. The van der Waals surface area contributed by atoms with Gasteiger partial charge in [-0.25, -0.2) is 0 Å². The Labute approximate surface area is 109 Å². The number of ketones is 1. The molecular formula is C11H15ClN2O2S. The largest absolute Gasteiger partial charge is 0.369 e.